The van der Waals surface area contributed by atoms with Crippen LogP contribution in [0.3, 0.4) is 0 Å². The molecule has 2 amide bonds. The molecular weight excluding hydrogens is 324 g/mol. The molecule has 0 aliphatic heterocycles. The van der Waals surface area contributed by atoms with Gasteiger partial charge >= 0.3 is 0 Å². The summed E-state index contributed by atoms with van der Waals surface area (Å²) < 4.78 is 5.20. The summed E-state index contributed by atoms with van der Waals surface area (Å²) in [4.78, 5) is 25.3. The van der Waals surface area contributed by atoms with E-state index in [9.17, 15) is 9.59 Å². The number of methoxy groups -OCH3 is 1. The van der Waals surface area contributed by atoms with Gasteiger partial charge in [-0.25, -0.2) is 0 Å². The Labute approximate surface area is 146 Å². The van der Waals surface area contributed by atoms with Gasteiger partial charge < -0.3 is 15.4 Å². The Hall–Kier alpha value is -2.34. The standard InChI is InChI=1S/C18H22N2O3S/c1-12(13-7-5-8-14(11-13)23-4)19-17(22)18(2,3)20-16(21)15-9-6-10-24-15/h5-12H,1-4H3,(H,19,22)(H,20,21)/t12-/m1/s1. The number of benzene rings is 1. The van der Waals surface area contributed by atoms with E-state index in [0.717, 1.165) is 11.3 Å². The summed E-state index contributed by atoms with van der Waals surface area (Å²) >= 11 is 1.34. The van der Waals surface area contributed by atoms with Crippen LogP contribution in [-0.4, -0.2) is 24.5 Å². The highest BCUT2D eigenvalue weighted by atomic mass is 32.1. The average Bonchev–Trinajstić information content (AvgIpc) is 3.09. The van der Waals surface area contributed by atoms with Gasteiger partial charge in [-0.15, -0.1) is 11.3 Å². The first-order valence-corrected chi connectivity index (χ1v) is 8.52. The summed E-state index contributed by atoms with van der Waals surface area (Å²) in [5.74, 6) is 0.237. The molecule has 24 heavy (non-hydrogen) atoms. The van der Waals surface area contributed by atoms with Crippen LogP contribution in [-0.2, 0) is 4.79 Å². The van der Waals surface area contributed by atoms with Crippen molar-refractivity contribution >= 4 is 23.2 Å². The fraction of sp³-hybridized carbons (Fsp3) is 0.333. The first-order valence-electron chi connectivity index (χ1n) is 7.64. The number of thiophene rings is 1. The van der Waals surface area contributed by atoms with Crippen LogP contribution in [0.1, 0.15) is 42.0 Å². The Kier molecular flexibility index (Phi) is 5.62. The van der Waals surface area contributed by atoms with Crippen molar-refractivity contribution < 1.29 is 14.3 Å². The lowest BCUT2D eigenvalue weighted by Crippen LogP contribution is -2.55. The maximum atomic E-state index is 12.6. The van der Waals surface area contributed by atoms with Crippen molar-refractivity contribution in [1.29, 1.82) is 0 Å². The van der Waals surface area contributed by atoms with E-state index in [2.05, 4.69) is 10.6 Å². The highest BCUT2D eigenvalue weighted by Crippen LogP contribution is 2.20. The van der Waals surface area contributed by atoms with E-state index in [1.54, 1.807) is 33.1 Å². The van der Waals surface area contributed by atoms with Crippen LogP contribution >= 0.6 is 11.3 Å². The quantitative estimate of drug-likeness (QED) is 0.844. The topological polar surface area (TPSA) is 67.4 Å². The number of rotatable bonds is 6. The summed E-state index contributed by atoms with van der Waals surface area (Å²) in [6.07, 6.45) is 0. The van der Waals surface area contributed by atoms with E-state index in [1.165, 1.54) is 11.3 Å². The first-order chi connectivity index (χ1) is 11.3. The van der Waals surface area contributed by atoms with E-state index in [0.29, 0.717) is 4.88 Å². The number of amides is 2. The summed E-state index contributed by atoms with van der Waals surface area (Å²) in [6, 6.07) is 10.9. The van der Waals surface area contributed by atoms with Crippen LogP contribution < -0.4 is 15.4 Å². The molecule has 2 aromatic rings. The molecule has 5 nitrogen and oxygen atoms in total. The fourth-order valence-electron chi connectivity index (χ4n) is 2.18. The molecule has 0 saturated carbocycles. The molecule has 0 bridgehead atoms. The van der Waals surface area contributed by atoms with E-state index >= 15 is 0 Å². The molecular formula is C18H22N2O3S. The maximum absolute atomic E-state index is 12.6. The third-order valence-electron chi connectivity index (χ3n) is 3.68. The van der Waals surface area contributed by atoms with Crippen molar-refractivity contribution in [3.63, 3.8) is 0 Å². The highest BCUT2D eigenvalue weighted by Gasteiger charge is 2.31. The molecule has 0 fully saturated rings. The molecule has 128 valence electrons. The number of ether oxygens (including phenoxy) is 1. The minimum absolute atomic E-state index is 0.203. The van der Waals surface area contributed by atoms with Gasteiger partial charge in [-0.1, -0.05) is 18.2 Å². The maximum Gasteiger partial charge on any atom is 0.262 e. The van der Waals surface area contributed by atoms with Crippen molar-refractivity contribution in [2.24, 2.45) is 0 Å². The zero-order valence-corrected chi connectivity index (χ0v) is 15.1. The van der Waals surface area contributed by atoms with E-state index in [-0.39, 0.29) is 17.9 Å². The van der Waals surface area contributed by atoms with Gasteiger partial charge in [0.2, 0.25) is 5.91 Å². The van der Waals surface area contributed by atoms with Crippen molar-refractivity contribution in [3.05, 3.63) is 52.2 Å². The van der Waals surface area contributed by atoms with Crippen LogP contribution in [0.15, 0.2) is 41.8 Å². The Morgan fingerprint density at radius 3 is 2.58 bits per heavy atom. The lowest BCUT2D eigenvalue weighted by atomic mass is 10.0. The smallest absolute Gasteiger partial charge is 0.262 e. The van der Waals surface area contributed by atoms with Crippen molar-refractivity contribution in [1.82, 2.24) is 10.6 Å². The monoisotopic (exact) mass is 346 g/mol. The Morgan fingerprint density at radius 2 is 1.96 bits per heavy atom. The zero-order chi connectivity index (χ0) is 17.7. The molecule has 2 rings (SSSR count). The number of hydrogen-bond donors (Lipinski definition) is 2. The van der Waals surface area contributed by atoms with Gasteiger partial charge in [0.15, 0.2) is 0 Å². The molecule has 1 aromatic heterocycles. The second kappa shape index (κ2) is 7.49. The van der Waals surface area contributed by atoms with Gasteiger partial charge in [0, 0.05) is 0 Å². The Morgan fingerprint density at radius 1 is 1.21 bits per heavy atom. The summed E-state index contributed by atoms with van der Waals surface area (Å²) in [6.45, 7) is 5.27. The summed E-state index contributed by atoms with van der Waals surface area (Å²) in [5, 5.41) is 7.53. The van der Waals surface area contributed by atoms with Crippen molar-refractivity contribution in [2.45, 2.75) is 32.4 Å². The van der Waals surface area contributed by atoms with Crippen LogP contribution in [0.4, 0.5) is 0 Å². The minimum Gasteiger partial charge on any atom is -0.497 e. The van der Waals surface area contributed by atoms with Crippen LogP contribution in [0.25, 0.3) is 0 Å². The third kappa shape index (κ3) is 4.35. The fourth-order valence-corrected chi connectivity index (χ4v) is 2.80. The van der Waals surface area contributed by atoms with Gasteiger partial charge in [-0.3, -0.25) is 9.59 Å². The predicted molar refractivity (Wildman–Crippen MR) is 95.4 cm³/mol. The van der Waals surface area contributed by atoms with Gasteiger partial charge in [0.25, 0.3) is 5.91 Å². The SMILES string of the molecule is COc1cccc([C@@H](C)NC(=O)C(C)(C)NC(=O)c2cccs2)c1. The lowest BCUT2D eigenvalue weighted by molar-refractivity contribution is -0.126. The van der Waals surface area contributed by atoms with Gasteiger partial charge in [0.05, 0.1) is 18.0 Å². The Bertz CT molecular complexity index is 711. The number of carbonyl (C=O) groups excluding carboxylic acids is 2. The number of hydrogen-bond acceptors (Lipinski definition) is 4. The van der Waals surface area contributed by atoms with Crippen molar-refractivity contribution in [2.75, 3.05) is 7.11 Å². The average molecular weight is 346 g/mol. The van der Waals surface area contributed by atoms with Crippen LogP contribution in [0.2, 0.25) is 0 Å². The third-order valence-corrected chi connectivity index (χ3v) is 4.55. The molecule has 0 saturated heterocycles. The molecule has 0 spiro atoms. The molecule has 1 atom stereocenters. The van der Waals surface area contributed by atoms with Gasteiger partial charge in [0.1, 0.15) is 11.3 Å². The van der Waals surface area contributed by atoms with E-state index in [4.69, 9.17) is 4.74 Å². The molecule has 1 heterocycles. The largest absolute Gasteiger partial charge is 0.497 e. The lowest BCUT2D eigenvalue weighted by Gasteiger charge is -2.27. The molecule has 2 N–H and O–H groups in total. The van der Waals surface area contributed by atoms with Crippen LogP contribution in [0.5, 0.6) is 5.75 Å². The van der Waals surface area contributed by atoms with Gasteiger partial charge in [-0.2, -0.15) is 0 Å². The first kappa shape index (κ1) is 18.0. The normalized spacial score (nSPS) is 12.3. The molecule has 0 aliphatic carbocycles. The number of nitrogens with one attached hydrogen (secondary N) is 2. The van der Waals surface area contributed by atoms with E-state index in [1.807, 2.05) is 36.6 Å². The van der Waals surface area contributed by atoms with Gasteiger partial charge in [-0.05, 0) is 49.9 Å². The molecule has 1 aromatic carbocycles. The molecule has 6 heteroatoms. The predicted octanol–water partition coefficient (Wildman–Crippen LogP) is 3.14. The highest BCUT2D eigenvalue weighted by molar-refractivity contribution is 7.12. The van der Waals surface area contributed by atoms with Crippen molar-refractivity contribution in [3.8, 4) is 5.75 Å². The number of carbonyl (C=O) groups is 2. The Balaban J connectivity index is 2.02. The second-order valence-corrected chi connectivity index (χ2v) is 6.98. The van der Waals surface area contributed by atoms with E-state index < -0.39 is 5.54 Å². The second-order valence-electron chi connectivity index (χ2n) is 6.03. The summed E-state index contributed by atoms with van der Waals surface area (Å²) in [7, 11) is 1.60. The molecule has 0 aliphatic rings. The van der Waals surface area contributed by atoms with Crippen LogP contribution in [0, 0.1) is 0 Å². The minimum atomic E-state index is -1.02. The zero-order valence-electron chi connectivity index (χ0n) is 14.3. The summed E-state index contributed by atoms with van der Waals surface area (Å²) in [5.41, 5.74) is -0.0862. The molecule has 0 radical (unpaired) electrons. The molecule has 0 unspecified atom stereocenters.